The van der Waals surface area contributed by atoms with Crippen molar-refractivity contribution in [3.05, 3.63) is 158 Å². The Balaban J connectivity index is 0.986. The summed E-state index contributed by atoms with van der Waals surface area (Å²) in [7, 11) is 0. The SMILES string of the molecule is c1ccc2c(c1)-c1cccc3cc(-c4ccc5cc(-c6ccc(-c7ccc8sc9ccccc9c8c7)cc6)ccc5c4)cc-2c13. The highest BCUT2D eigenvalue weighted by atomic mass is 32.1. The van der Waals surface area contributed by atoms with E-state index in [1.165, 1.54) is 97.4 Å². The molecule has 45 heavy (non-hydrogen) atoms. The molecule has 0 aliphatic heterocycles. The monoisotopic (exact) mass is 586 g/mol. The number of benzene rings is 8. The Morgan fingerprint density at radius 1 is 0.289 bits per heavy atom. The minimum Gasteiger partial charge on any atom is -0.135 e. The van der Waals surface area contributed by atoms with Crippen molar-refractivity contribution in [2.75, 3.05) is 0 Å². The third-order valence-electron chi connectivity index (χ3n) is 9.59. The molecule has 10 rings (SSSR count). The molecule has 0 saturated carbocycles. The van der Waals surface area contributed by atoms with Crippen LogP contribution in [0.4, 0.5) is 0 Å². The second-order valence-corrected chi connectivity index (χ2v) is 13.2. The van der Waals surface area contributed by atoms with Gasteiger partial charge in [0, 0.05) is 20.2 Å². The highest BCUT2D eigenvalue weighted by Gasteiger charge is 2.21. The van der Waals surface area contributed by atoms with Gasteiger partial charge in [-0.2, -0.15) is 0 Å². The summed E-state index contributed by atoms with van der Waals surface area (Å²) < 4.78 is 2.69. The molecule has 0 radical (unpaired) electrons. The molecule has 0 N–H and O–H groups in total. The molecule has 1 aliphatic rings. The van der Waals surface area contributed by atoms with Gasteiger partial charge in [-0.05, 0) is 120 Å². The summed E-state index contributed by atoms with van der Waals surface area (Å²) in [4.78, 5) is 0. The van der Waals surface area contributed by atoms with Crippen LogP contribution in [0, 0.1) is 0 Å². The summed E-state index contributed by atoms with van der Waals surface area (Å²) in [6.07, 6.45) is 0. The number of rotatable bonds is 3. The summed E-state index contributed by atoms with van der Waals surface area (Å²) in [6.45, 7) is 0. The van der Waals surface area contributed by atoms with Crippen molar-refractivity contribution in [1.29, 1.82) is 0 Å². The third-order valence-corrected chi connectivity index (χ3v) is 10.7. The Labute approximate surface area is 265 Å². The van der Waals surface area contributed by atoms with Crippen LogP contribution in [-0.2, 0) is 0 Å². The smallest absolute Gasteiger partial charge is 0.0355 e. The molecule has 8 aromatic carbocycles. The van der Waals surface area contributed by atoms with Gasteiger partial charge in [0.2, 0.25) is 0 Å². The molecule has 0 unspecified atom stereocenters. The van der Waals surface area contributed by atoms with Crippen LogP contribution in [0.15, 0.2) is 158 Å². The predicted molar refractivity (Wildman–Crippen MR) is 195 cm³/mol. The van der Waals surface area contributed by atoms with E-state index in [0.717, 1.165) is 0 Å². The Morgan fingerprint density at radius 2 is 0.844 bits per heavy atom. The van der Waals surface area contributed by atoms with Crippen LogP contribution in [0.2, 0.25) is 0 Å². The Morgan fingerprint density at radius 3 is 1.62 bits per heavy atom. The fourth-order valence-corrected chi connectivity index (χ4v) is 8.44. The zero-order chi connectivity index (χ0) is 29.5. The van der Waals surface area contributed by atoms with Crippen molar-refractivity contribution in [1.82, 2.24) is 0 Å². The van der Waals surface area contributed by atoms with Gasteiger partial charge in [0.25, 0.3) is 0 Å². The van der Waals surface area contributed by atoms with Gasteiger partial charge < -0.3 is 0 Å². The Hall–Kier alpha value is -5.50. The highest BCUT2D eigenvalue weighted by molar-refractivity contribution is 7.25. The second-order valence-electron chi connectivity index (χ2n) is 12.1. The summed E-state index contributed by atoms with van der Waals surface area (Å²) in [5, 5.41) is 7.88. The van der Waals surface area contributed by atoms with Crippen LogP contribution in [0.5, 0.6) is 0 Å². The van der Waals surface area contributed by atoms with Crippen molar-refractivity contribution in [2.45, 2.75) is 0 Å². The van der Waals surface area contributed by atoms with E-state index in [9.17, 15) is 0 Å². The van der Waals surface area contributed by atoms with Crippen LogP contribution in [0.1, 0.15) is 0 Å². The molecule has 1 aromatic heterocycles. The molecule has 208 valence electrons. The van der Waals surface area contributed by atoms with Crippen LogP contribution < -0.4 is 0 Å². The Bertz CT molecular complexity index is 2640. The van der Waals surface area contributed by atoms with E-state index >= 15 is 0 Å². The van der Waals surface area contributed by atoms with E-state index in [0.29, 0.717) is 0 Å². The second kappa shape index (κ2) is 9.50. The lowest BCUT2D eigenvalue weighted by Gasteiger charge is -2.10. The maximum Gasteiger partial charge on any atom is 0.0355 e. The highest BCUT2D eigenvalue weighted by Crippen LogP contribution is 2.48. The predicted octanol–water partition coefficient (Wildman–Crippen LogP) is 13.0. The van der Waals surface area contributed by atoms with E-state index in [4.69, 9.17) is 0 Å². The van der Waals surface area contributed by atoms with Crippen LogP contribution in [0.25, 0.3) is 97.4 Å². The summed E-state index contributed by atoms with van der Waals surface area (Å²) in [6, 6.07) is 58.5. The van der Waals surface area contributed by atoms with E-state index < -0.39 is 0 Å². The summed E-state index contributed by atoms with van der Waals surface area (Å²) in [5.74, 6) is 0. The zero-order valence-corrected chi connectivity index (χ0v) is 25.2. The van der Waals surface area contributed by atoms with Gasteiger partial charge in [0.05, 0.1) is 0 Å². The average molecular weight is 587 g/mol. The number of hydrogen-bond acceptors (Lipinski definition) is 1. The molecule has 0 atom stereocenters. The van der Waals surface area contributed by atoms with Crippen molar-refractivity contribution >= 4 is 53.1 Å². The molecule has 0 fully saturated rings. The van der Waals surface area contributed by atoms with Crippen molar-refractivity contribution in [3.63, 3.8) is 0 Å². The lowest BCUT2D eigenvalue weighted by Crippen LogP contribution is -1.84. The first-order valence-electron chi connectivity index (χ1n) is 15.5. The van der Waals surface area contributed by atoms with E-state index in [-0.39, 0.29) is 0 Å². The van der Waals surface area contributed by atoms with Gasteiger partial charge in [0.15, 0.2) is 0 Å². The van der Waals surface area contributed by atoms with Crippen LogP contribution in [-0.4, -0.2) is 0 Å². The van der Waals surface area contributed by atoms with E-state index in [2.05, 4.69) is 158 Å². The average Bonchev–Trinajstić information content (AvgIpc) is 3.64. The number of thiophene rings is 1. The first-order valence-corrected chi connectivity index (χ1v) is 16.3. The third kappa shape index (κ3) is 3.84. The van der Waals surface area contributed by atoms with Gasteiger partial charge in [0.1, 0.15) is 0 Å². The molecule has 1 heteroatoms. The molecule has 0 spiro atoms. The summed E-state index contributed by atoms with van der Waals surface area (Å²) in [5.41, 5.74) is 12.9. The first kappa shape index (κ1) is 24.9. The van der Waals surface area contributed by atoms with E-state index in [1.807, 2.05) is 11.3 Å². The lowest BCUT2D eigenvalue weighted by atomic mass is 9.94. The maximum atomic E-state index is 2.38. The fourth-order valence-electron chi connectivity index (χ4n) is 7.35. The van der Waals surface area contributed by atoms with Crippen molar-refractivity contribution in [3.8, 4) is 55.6 Å². The van der Waals surface area contributed by atoms with Crippen LogP contribution >= 0.6 is 11.3 Å². The number of fused-ring (bicyclic) bond motifs is 7. The van der Waals surface area contributed by atoms with Gasteiger partial charge >= 0.3 is 0 Å². The normalized spacial score (nSPS) is 12.0. The molecule has 0 bridgehead atoms. The van der Waals surface area contributed by atoms with Crippen molar-refractivity contribution in [2.24, 2.45) is 0 Å². The molecule has 0 amide bonds. The summed E-state index contributed by atoms with van der Waals surface area (Å²) >= 11 is 1.87. The molecular weight excluding hydrogens is 561 g/mol. The van der Waals surface area contributed by atoms with E-state index in [1.54, 1.807) is 0 Å². The van der Waals surface area contributed by atoms with Crippen molar-refractivity contribution < 1.29 is 0 Å². The standard InChI is InChI=1S/C44H26S/c1-2-8-37-36(7-1)39-10-5-6-34-24-35(26-41(37)44(34)39)32-19-18-30-22-29(16-17-31(30)23-32)27-12-14-28(15-13-27)33-20-21-43-40(25-33)38-9-3-4-11-42(38)45-43/h1-26H. The van der Waals surface area contributed by atoms with Gasteiger partial charge in [-0.1, -0.05) is 115 Å². The minimum atomic E-state index is 1.24. The molecule has 0 saturated heterocycles. The molecular formula is C44H26S. The molecule has 0 nitrogen and oxygen atoms in total. The fraction of sp³-hybridized carbons (Fsp3) is 0. The number of hydrogen-bond donors (Lipinski definition) is 0. The van der Waals surface area contributed by atoms with Gasteiger partial charge in [-0.3, -0.25) is 0 Å². The van der Waals surface area contributed by atoms with Gasteiger partial charge in [-0.15, -0.1) is 11.3 Å². The first-order chi connectivity index (χ1) is 22.3. The Kier molecular flexibility index (Phi) is 5.25. The van der Waals surface area contributed by atoms with Gasteiger partial charge in [-0.25, -0.2) is 0 Å². The largest absolute Gasteiger partial charge is 0.135 e. The maximum absolute atomic E-state index is 2.38. The quantitative estimate of drug-likeness (QED) is 0.193. The zero-order valence-electron chi connectivity index (χ0n) is 24.4. The molecule has 1 aliphatic carbocycles. The lowest BCUT2D eigenvalue weighted by molar-refractivity contribution is 1.62. The topological polar surface area (TPSA) is 0 Å². The molecule has 1 heterocycles. The van der Waals surface area contributed by atoms with Crippen LogP contribution in [0.3, 0.4) is 0 Å². The molecule has 9 aromatic rings. The minimum absolute atomic E-state index is 1.24.